The molecule has 1 aliphatic heterocycles. The standard InChI is InChI=1S/C15H18N4O/c1-20-11-5-2-10(3-6-11)4-7-13-12-8-9-17-14(12)19-15(16)18-13/h2-3,5-6H,4,7-9H2,1H3,(H3,16,17,18,19). The number of fused-ring (bicyclic) bond motifs is 1. The van der Waals surface area contributed by atoms with Crippen LogP contribution < -0.4 is 15.8 Å². The van der Waals surface area contributed by atoms with Crippen molar-refractivity contribution in [2.24, 2.45) is 0 Å². The first-order chi connectivity index (χ1) is 9.76. The van der Waals surface area contributed by atoms with E-state index in [2.05, 4.69) is 27.4 Å². The molecule has 3 rings (SSSR count). The Labute approximate surface area is 118 Å². The molecular formula is C15H18N4O. The summed E-state index contributed by atoms with van der Waals surface area (Å²) in [6.07, 6.45) is 2.80. The predicted molar refractivity (Wildman–Crippen MR) is 79.0 cm³/mol. The van der Waals surface area contributed by atoms with E-state index in [9.17, 15) is 0 Å². The van der Waals surface area contributed by atoms with Gasteiger partial charge < -0.3 is 15.8 Å². The van der Waals surface area contributed by atoms with E-state index < -0.39 is 0 Å². The third-order valence-electron chi connectivity index (χ3n) is 3.59. The smallest absolute Gasteiger partial charge is 0.222 e. The van der Waals surface area contributed by atoms with Gasteiger partial charge in [-0.1, -0.05) is 12.1 Å². The van der Waals surface area contributed by atoms with E-state index in [-0.39, 0.29) is 0 Å². The van der Waals surface area contributed by atoms with Crippen molar-refractivity contribution in [2.45, 2.75) is 19.3 Å². The fraction of sp³-hybridized carbons (Fsp3) is 0.333. The maximum absolute atomic E-state index is 5.76. The number of aromatic nitrogens is 2. The second kappa shape index (κ2) is 5.36. The van der Waals surface area contributed by atoms with Crippen LogP contribution in [0.3, 0.4) is 0 Å². The molecule has 0 spiro atoms. The Hall–Kier alpha value is -2.30. The van der Waals surface area contributed by atoms with Crippen molar-refractivity contribution in [3.63, 3.8) is 0 Å². The summed E-state index contributed by atoms with van der Waals surface area (Å²) in [5.74, 6) is 2.13. The third-order valence-corrected chi connectivity index (χ3v) is 3.59. The molecule has 2 aromatic rings. The molecule has 20 heavy (non-hydrogen) atoms. The highest BCUT2D eigenvalue weighted by Gasteiger charge is 2.17. The molecule has 0 fully saturated rings. The molecule has 1 aromatic heterocycles. The number of anilines is 2. The number of nitrogens with one attached hydrogen (secondary N) is 1. The van der Waals surface area contributed by atoms with Crippen molar-refractivity contribution in [3.8, 4) is 5.75 Å². The fourth-order valence-corrected chi connectivity index (χ4v) is 2.53. The highest BCUT2D eigenvalue weighted by Crippen LogP contribution is 2.24. The molecule has 0 aliphatic carbocycles. The van der Waals surface area contributed by atoms with Gasteiger partial charge in [-0.05, 0) is 37.0 Å². The van der Waals surface area contributed by atoms with Crippen LogP contribution in [-0.4, -0.2) is 23.6 Å². The number of benzene rings is 1. The second-order valence-corrected chi connectivity index (χ2v) is 4.88. The number of nitrogen functional groups attached to an aromatic ring is 1. The van der Waals surface area contributed by atoms with E-state index in [1.165, 1.54) is 11.1 Å². The Balaban J connectivity index is 1.75. The molecule has 0 atom stereocenters. The molecular weight excluding hydrogens is 252 g/mol. The Kier molecular flexibility index (Phi) is 3.41. The summed E-state index contributed by atoms with van der Waals surface area (Å²) in [7, 11) is 1.68. The summed E-state index contributed by atoms with van der Waals surface area (Å²) >= 11 is 0. The highest BCUT2D eigenvalue weighted by atomic mass is 16.5. The number of nitrogens with zero attached hydrogens (tertiary/aromatic N) is 2. The molecule has 0 saturated heterocycles. The van der Waals surface area contributed by atoms with E-state index in [1.54, 1.807) is 7.11 Å². The number of aryl methyl sites for hydroxylation is 2. The minimum atomic E-state index is 0.350. The zero-order valence-corrected chi connectivity index (χ0v) is 11.5. The van der Waals surface area contributed by atoms with Crippen LogP contribution in [0.25, 0.3) is 0 Å². The predicted octanol–water partition coefficient (Wildman–Crippen LogP) is 1.82. The number of hydrogen-bond donors (Lipinski definition) is 2. The van der Waals surface area contributed by atoms with Crippen LogP contribution in [0.1, 0.15) is 16.8 Å². The summed E-state index contributed by atoms with van der Waals surface area (Å²) in [5, 5.41) is 3.25. The lowest BCUT2D eigenvalue weighted by atomic mass is 10.0. The Morgan fingerprint density at radius 3 is 2.75 bits per heavy atom. The number of rotatable bonds is 4. The SMILES string of the molecule is COc1ccc(CCc2nc(N)nc3c2CCN3)cc1. The van der Waals surface area contributed by atoms with Gasteiger partial charge in [0.05, 0.1) is 12.8 Å². The summed E-state index contributed by atoms with van der Waals surface area (Å²) in [6, 6.07) is 8.13. The summed E-state index contributed by atoms with van der Waals surface area (Å²) in [4.78, 5) is 8.63. The maximum Gasteiger partial charge on any atom is 0.222 e. The minimum Gasteiger partial charge on any atom is -0.497 e. The van der Waals surface area contributed by atoms with Gasteiger partial charge in [0.2, 0.25) is 5.95 Å². The second-order valence-electron chi connectivity index (χ2n) is 4.88. The van der Waals surface area contributed by atoms with Crippen LogP contribution >= 0.6 is 0 Å². The van der Waals surface area contributed by atoms with Gasteiger partial charge in [-0.25, -0.2) is 4.98 Å². The minimum absolute atomic E-state index is 0.350. The first kappa shape index (κ1) is 12.7. The van der Waals surface area contributed by atoms with Crippen LogP contribution in [-0.2, 0) is 19.3 Å². The van der Waals surface area contributed by atoms with Gasteiger partial charge in [0.25, 0.3) is 0 Å². The van der Waals surface area contributed by atoms with Gasteiger partial charge in [0.1, 0.15) is 11.6 Å². The maximum atomic E-state index is 5.76. The van der Waals surface area contributed by atoms with E-state index >= 15 is 0 Å². The lowest BCUT2D eigenvalue weighted by Gasteiger charge is -2.08. The van der Waals surface area contributed by atoms with Crippen LogP contribution in [0, 0.1) is 0 Å². The first-order valence-electron chi connectivity index (χ1n) is 6.78. The van der Waals surface area contributed by atoms with Gasteiger partial charge in [-0.15, -0.1) is 0 Å². The molecule has 104 valence electrons. The number of hydrogen-bond acceptors (Lipinski definition) is 5. The lowest BCUT2D eigenvalue weighted by molar-refractivity contribution is 0.414. The van der Waals surface area contributed by atoms with Crippen molar-refractivity contribution >= 4 is 11.8 Å². The summed E-state index contributed by atoms with van der Waals surface area (Å²) in [5.41, 5.74) is 9.30. The fourth-order valence-electron chi connectivity index (χ4n) is 2.53. The normalized spacial score (nSPS) is 12.8. The average Bonchev–Trinajstić information content (AvgIpc) is 2.93. The number of ether oxygens (including phenoxy) is 1. The number of methoxy groups -OCH3 is 1. The van der Waals surface area contributed by atoms with Crippen molar-refractivity contribution in [3.05, 3.63) is 41.1 Å². The Morgan fingerprint density at radius 2 is 2.00 bits per heavy atom. The largest absolute Gasteiger partial charge is 0.497 e. The zero-order chi connectivity index (χ0) is 13.9. The van der Waals surface area contributed by atoms with Crippen molar-refractivity contribution in [1.29, 1.82) is 0 Å². The molecule has 0 radical (unpaired) electrons. The average molecular weight is 270 g/mol. The summed E-state index contributed by atoms with van der Waals surface area (Å²) < 4.78 is 5.16. The molecule has 1 aliphatic rings. The Bertz CT molecular complexity index is 610. The molecule has 0 unspecified atom stereocenters. The first-order valence-corrected chi connectivity index (χ1v) is 6.78. The molecule has 5 heteroatoms. The van der Waals surface area contributed by atoms with Crippen molar-refractivity contribution < 1.29 is 4.74 Å². The third kappa shape index (κ3) is 2.52. The van der Waals surface area contributed by atoms with Crippen LogP contribution in [0.2, 0.25) is 0 Å². The Morgan fingerprint density at radius 1 is 1.20 bits per heavy atom. The van der Waals surface area contributed by atoms with Crippen LogP contribution in [0.15, 0.2) is 24.3 Å². The van der Waals surface area contributed by atoms with Crippen molar-refractivity contribution in [1.82, 2.24) is 9.97 Å². The van der Waals surface area contributed by atoms with E-state index in [1.807, 2.05) is 12.1 Å². The van der Waals surface area contributed by atoms with Crippen molar-refractivity contribution in [2.75, 3.05) is 24.7 Å². The molecule has 0 saturated carbocycles. The van der Waals surface area contributed by atoms with Crippen LogP contribution in [0.4, 0.5) is 11.8 Å². The molecule has 5 nitrogen and oxygen atoms in total. The van der Waals surface area contributed by atoms with E-state index in [0.29, 0.717) is 5.95 Å². The van der Waals surface area contributed by atoms with Gasteiger partial charge in [-0.3, -0.25) is 0 Å². The molecule has 2 heterocycles. The molecule has 3 N–H and O–H groups in total. The molecule has 1 aromatic carbocycles. The van der Waals surface area contributed by atoms with Crippen LogP contribution in [0.5, 0.6) is 5.75 Å². The van der Waals surface area contributed by atoms with Gasteiger partial charge >= 0.3 is 0 Å². The van der Waals surface area contributed by atoms with E-state index in [0.717, 1.165) is 43.1 Å². The monoisotopic (exact) mass is 270 g/mol. The van der Waals surface area contributed by atoms with Gasteiger partial charge in [0.15, 0.2) is 0 Å². The quantitative estimate of drug-likeness (QED) is 0.886. The van der Waals surface area contributed by atoms with Gasteiger partial charge in [0, 0.05) is 12.1 Å². The molecule has 0 amide bonds. The molecule has 0 bridgehead atoms. The van der Waals surface area contributed by atoms with Gasteiger partial charge in [-0.2, -0.15) is 4.98 Å². The van der Waals surface area contributed by atoms with E-state index in [4.69, 9.17) is 10.5 Å². The topological polar surface area (TPSA) is 73.1 Å². The number of nitrogens with two attached hydrogens (primary N) is 1. The zero-order valence-electron chi connectivity index (χ0n) is 11.5. The highest BCUT2D eigenvalue weighted by molar-refractivity contribution is 5.53. The summed E-state index contributed by atoms with van der Waals surface area (Å²) in [6.45, 7) is 0.920. The lowest BCUT2D eigenvalue weighted by Crippen LogP contribution is -2.05.